The first-order chi connectivity index (χ1) is 9.63. The van der Waals surface area contributed by atoms with Crippen LogP contribution in [-0.4, -0.2) is 24.1 Å². The second-order valence-electron chi connectivity index (χ2n) is 4.84. The van der Waals surface area contributed by atoms with E-state index in [2.05, 4.69) is 20.9 Å². The van der Waals surface area contributed by atoms with Crippen LogP contribution in [0.2, 0.25) is 0 Å². The molecule has 20 heavy (non-hydrogen) atoms. The SMILES string of the molecule is CN(C)c1ccc2nc(-c3ccc(F)nc3)ccc2c1. The van der Waals surface area contributed by atoms with Crippen molar-refractivity contribution in [2.75, 3.05) is 19.0 Å². The highest BCUT2D eigenvalue weighted by Crippen LogP contribution is 2.23. The minimum absolute atomic E-state index is 0.481. The molecule has 0 radical (unpaired) electrons. The fraction of sp³-hybridized carbons (Fsp3) is 0.125. The Balaban J connectivity index is 2.07. The molecule has 0 bridgehead atoms. The van der Waals surface area contributed by atoms with Gasteiger partial charge in [-0.05, 0) is 36.4 Å². The summed E-state index contributed by atoms with van der Waals surface area (Å²) in [4.78, 5) is 10.3. The molecule has 4 heteroatoms. The minimum atomic E-state index is -0.481. The number of anilines is 1. The third-order valence-electron chi connectivity index (χ3n) is 3.21. The minimum Gasteiger partial charge on any atom is -0.378 e. The van der Waals surface area contributed by atoms with Gasteiger partial charge in [-0.15, -0.1) is 0 Å². The molecule has 3 nitrogen and oxygen atoms in total. The van der Waals surface area contributed by atoms with E-state index in [4.69, 9.17) is 0 Å². The van der Waals surface area contributed by atoms with Gasteiger partial charge < -0.3 is 4.90 Å². The molecular weight excluding hydrogens is 253 g/mol. The summed E-state index contributed by atoms with van der Waals surface area (Å²) in [5.41, 5.74) is 3.65. The Labute approximate surface area is 116 Å². The number of halogens is 1. The Morgan fingerprint density at radius 1 is 1.00 bits per heavy atom. The van der Waals surface area contributed by atoms with Crippen molar-refractivity contribution in [1.29, 1.82) is 0 Å². The van der Waals surface area contributed by atoms with Crippen molar-refractivity contribution < 1.29 is 4.39 Å². The van der Waals surface area contributed by atoms with E-state index >= 15 is 0 Å². The Kier molecular flexibility index (Phi) is 3.06. The monoisotopic (exact) mass is 267 g/mol. The molecule has 0 fully saturated rings. The molecule has 0 amide bonds. The molecule has 0 N–H and O–H groups in total. The van der Waals surface area contributed by atoms with E-state index in [0.29, 0.717) is 0 Å². The average molecular weight is 267 g/mol. The summed E-state index contributed by atoms with van der Waals surface area (Å²) < 4.78 is 12.8. The van der Waals surface area contributed by atoms with Gasteiger partial charge in [0.1, 0.15) is 0 Å². The molecule has 2 heterocycles. The maximum absolute atomic E-state index is 12.8. The van der Waals surface area contributed by atoms with Gasteiger partial charge >= 0.3 is 0 Å². The van der Waals surface area contributed by atoms with E-state index in [0.717, 1.165) is 27.8 Å². The van der Waals surface area contributed by atoms with Crippen LogP contribution in [0, 0.1) is 5.95 Å². The van der Waals surface area contributed by atoms with E-state index in [1.165, 1.54) is 12.3 Å². The molecule has 0 aliphatic rings. The Morgan fingerprint density at radius 2 is 1.85 bits per heavy atom. The van der Waals surface area contributed by atoms with Crippen LogP contribution in [0.5, 0.6) is 0 Å². The van der Waals surface area contributed by atoms with Crippen molar-refractivity contribution in [3.63, 3.8) is 0 Å². The molecule has 3 aromatic rings. The maximum atomic E-state index is 12.8. The standard InChI is InChI=1S/C16H14FN3/c1-20(2)13-5-7-14-11(9-13)3-6-15(19-14)12-4-8-16(17)18-10-12/h3-10H,1-2H3. The smallest absolute Gasteiger partial charge is 0.212 e. The maximum Gasteiger partial charge on any atom is 0.212 e. The van der Waals surface area contributed by atoms with Gasteiger partial charge in [0.15, 0.2) is 0 Å². The van der Waals surface area contributed by atoms with Gasteiger partial charge in [-0.2, -0.15) is 4.39 Å². The number of rotatable bonds is 2. The number of nitrogens with zero attached hydrogens (tertiary/aromatic N) is 3. The highest BCUT2D eigenvalue weighted by molar-refractivity contribution is 5.84. The van der Waals surface area contributed by atoms with Crippen molar-refractivity contribution in [2.24, 2.45) is 0 Å². The summed E-state index contributed by atoms with van der Waals surface area (Å²) in [6, 6.07) is 13.1. The Hall–Kier alpha value is -2.49. The largest absolute Gasteiger partial charge is 0.378 e. The third-order valence-corrected chi connectivity index (χ3v) is 3.21. The second kappa shape index (κ2) is 4.89. The van der Waals surface area contributed by atoms with E-state index in [-0.39, 0.29) is 0 Å². The van der Waals surface area contributed by atoms with Gasteiger partial charge in [0, 0.05) is 36.9 Å². The Bertz CT molecular complexity index is 751. The van der Waals surface area contributed by atoms with Crippen LogP contribution in [-0.2, 0) is 0 Å². The topological polar surface area (TPSA) is 29.0 Å². The average Bonchev–Trinajstić information content (AvgIpc) is 2.47. The summed E-state index contributed by atoms with van der Waals surface area (Å²) in [5, 5.41) is 1.08. The summed E-state index contributed by atoms with van der Waals surface area (Å²) >= 11 is 0. The predicted octanol–water partition coefficient (Wildman–Crippen LogP) is 3.50. The quantitative estimate of drug-likeness (QED) is 0.665. The molecule has 0 aliphatic carbocycles. The van der Waals surface area contributed by atoms with Crippen molar-refractivity contribution in [1.82, 2.24) is 9.97 Å². The summed E-state index contributed by atoms with van der Waals surface area (Å²) in [7, 11) is 4.01. The molecule has 2 aromatic heterocycles. The fourth-order valence-electron chi connectivity index (χ4n) is 2.08. The van der Waals surface area contributed by atoms with Crippen molar-refractivity contribution >= 4 is 16.6 Å². The molecule has 0 saturated heterocycles. The lowest BCUT2D eigenvalue weighted by molar-refractivity contribution is 0.584. The van der Waals surface area contributed by atoms with Gasteiger partial charge in [-0.3, -0.25) is 0 Å². The molecular formula is C16H14FN3. The zero-order valence-electron chi connectivity index (χ0n) is 11.3. The highest BCUT2D eigenvalue weighted by atomic mass is 19.1. The number of aromatic nitrogens is 2. The van der Waals surface area contributed by atoms with Crippen LogP contribution in [0.3, 0.4) is 0 Å². The third kappa shape index (κ3) is 2.32. The lowest BCUT2D eigenvalue weighted by Gasteiger charge is -2.13. The van der Waals surface area contributed by atoms with Crippen molar-refractivity contribution in [3.8, 4) is 11.3 Å². The summed E-state index contributed by atoms with van der Waals surface area (Å²) in [6.45, 7) is 0. The van der Waals surface area contributed by atoms with E-state index in [1.807, 2.05) is 38.4 Å². The molecule has 0 saturated carbocycles. The first-order valence-corrected chi connectivity index (χ1v) is 6.33. The van der Waals surface area contributed by atoms with Crippen LogP contribution in [0.15, 0.2) is 48.7 Å². The van der Waals surface area contributed by atoms with E-state index < -0.39 is 5.95 Å². The van der Waals surface area contributed by atoms with E-state index in [1.54, 1.807) is 6.07 Å². The predicted molar refractivity (Wildman–Crippen MR) is 79.3 cm³/mol. The summed E-state index contributed by atoms with van der Waals surface area (Å²) in [6.07, 6.45) is 1.50. The van der Waals surface area contributed by atoms with Crippen LogP contribution in [0.4, 0.5) is 10.1 Å². The van der Waals surface area contributed by atoms with E-state index in [9.17, 15) is 4.39 Å². The van der Waals surface area contributed by atoms with Gasteiger partial charge in [0.05, 0.1) is 11.2 Å². The normalized spacial score (nSPS) is 10.8. The number of fused-ring (bicyclic) bond motifs is 1. The second-order valence-corrected chi connectivity index (χ2v) is 4.84. The molecule has 100 valence electrons. The van der Waals surface area contributed by atoms with Gasteiger partial charge in [-0.1, -0.05) is 6.07 Å². The molecule has 3 rings (SSSR count). The number of hydrogen-bond acceptors (Lipinski definition) is 3. The molecule has 0 unspecified atom stereocenters. The van der Waals surface area contributed by atoms with Gasteiger partial charge in [0.25, 0.3) is 0 Å². The molecule has 0 spiro atoms. The van der Waals surface area contributed by atoms with Crippen LogP contribution >= 0.6 is 0 Å². The lowest BCUT2D eigenvalue weighted by Crippen LogP contribution is -2.08. The van der Waals surface area contributed by atoms with Crippen LogP contribution in [0.25, 0.3) is 22.2 Å². The Morgan fingerprint density at radius 3 is 2.55 bits per heavy atom. The fourth-order valence-corrected chi connectivity index (χ4v) is 2.08. The van der Waals surface area contributed by atoms with Gasteiger partial charge in [0.2, 0.25) is 5.95 Å². The van der Waals surface area contributed by atoms with Crippen LogP contribution < -0.4 is 4.90 Å². The molecule has 0 aliphatic heterocycles. The van der Waals surface area contributed by atoms with Gasteiger partial charge in [-0.25, -0.2) is 9.97 Å². The molecule has 0 atom stereocenters. The van der Waals surface area contributed by atoms with Crippen molar-refractivity contribution in [2.45, 2.75) is 0 Å². The van der Waals surface area contributed by atoms with Crippen LogP contribution in [0.1, 0.15) is 0 Å². The zero-order chi connectivity index (χ0) is 14.1. The number of pyridine rings is 2. The van der Waals surface area contributed by atoms with Crippen molar-refractivity contribution in [3.05, 3.63) is 54.6 Å². The number of hydrogen-bond donors (Lipinski definition) is 0. The first kappa shape index (κ1) is 12.5. The first-order valence-electron chi connectivity index (χ1n) is 6.33. The highest BCUT2D eigenvalue weighted by Gasteiger charge is 2.04. The lowest BCUT2D eigenvalue weighted by atomic mass is 10.1. The molecule has 1 aromatic carbocycles. The zero-order valence-corrected chi connectivity index (χ0v) is 11.3. The summed E-state index contributed by atoms with van der Waals surface area (Å²) in [5.74, 6) is -0.481. The number of benzene rings is 1.